The van der Waals surface area contributed by atoms with E-state index in [2.05, 4.69) is 31.1 Å². The molecule has 1 N–H and O–H groups in total. The van der Waals surface area contributed by atoms with Gasteiger partial charge in [-0.1, -0.05) is 20.8 Å². The number of hydrogen-bond acceptors (Lipinski definition) is 4. The lowest BCUT2D eigenvalue weighted by Gasteiger charge is -2.26. The third kappa shape index (κ3) is 3.06. The Kier molecular flexibility index (Phi) is 5.23. The first kappa shape index (κ1) is 15.1. The van der Waals surface area contributed by atoms with Gasteiger partial charge in [-0.05, 0) is 26.3 Å². The summed E-state index contributed by atoms with van der Waals surface area (Å²) in [4.78, 5) is 9.21. The Bertz CT molecular complexity index is 387. The first-order chi connectivity index (χ1) is 8.48. The van der Waals surface area contributed by atoms with Crippen molar-refractivity contribution in [3.8, 4) is 0 Å². The minimum absolute atomic E-state index is 0.382. The second-order valence-corrected chi connectivity index (χ2v) is 5.08. The summed E-state index contributed by atoms with van der Waals surface area (Å²) in [5, 5.41) is 3.15. The molecule has 1 rings (SSSR count). The Morgan fingerprint density at radius 2 is 2.11 bits per heavy atom. The molecule has 0 fully saturated rings. The standard InChI is InChI=1S/C14H25N3O/c1-7-14(4,18-6)13-16-9-11(8-15-5)12(17-13)10(2)3/h9-10,15H,7-8H2,1-6H3. The van der Waals surface area contributed by atoms with Crippen LogP contribution in [-0.4, -0.2) is 24.1 Å². The topological polar surface area (TPSA) is 47.0 Å². The third-order valence-electron chi connectivity index (χ3n) is 3.41. The van der Waals surface area contributed by atoms with Crippen molar-refractivity contribution in [2.24, 2.45) is 0 Å². The highest BCUT2D eigenvalue weighted by Gasteiger charge is 2.28. The molecule has 0 spiro atoms. The first-order valence-corrected chi connectivity index (χ1v) is 6.54. The van der Waals surface area contributed by atoms with Crippen molar-refractivity contribution in [3.63, 3.8) is 0 Å². The predicted molar refractivity (Wildman–Crippen MR) is 73.5 cm³/mol. The number of nitrogens with zero attached hydrogens (tertiary/aromatic N) is 2. The molecule has 0 amide bonds. The van der Waals surface area contributed by atoms with Crippen LogP contribution in [-0.2, 0) is 16.9 Å². The molecule has 1 atom stereocenters. The van der Waals surface area contributed by atoms with Crippen LogP contribution >= 0.6 is 0 Å². The molecule has 1 heterocycles. The van der Waals surface area contributed by atoms with Crippen molar-refractivity contribution in [1.82, 2.24) is 15.3 Å². The molecule has 0 aromatic carbocycles. The molecule has 0 aliphatic heterocycles. The zero-order valence-corrected chi connectivity index (χ0v) is 12.4. The van der Waals surface area contributed by atoms with E-state index < -0.39 is 5.60 Å². The fraction of sp³-hybridized carbons (Fsp3) is 0.714. The van der Waals surface area contributed by atoms with Crippen LogP contribution in [0.3, 0.4) is 0 Å². The lowest BCUT2D eigenvalue weighted by Crippen LogP contribution is -2.27. The van der Waals surface area contributed by atoms with E-state index in [4.69, 9.17) is 9.72 Å². The normalized spacial score (nSPS) is 14.8. The zero-order valence-electron chi connectivity index (χ0n) is 12.4. The first-order valence-electron chi connectivity index (χ1n) is 6.54. The second-order valence-electron chi connectivity index (χ2n) is 5.08. The summed E-state index contributed by atoms with van der Waals surface area (Å²) >= 11 is 0. The van der Waals surface area contributed by atoms with Crippen LogP contribution in [0.4, 0.5) is 0 Å². The number of rotatable bonds is 6. The van der Waals surface area contributed by atoms with Crippen LogP contribution in [0.15, 0.2) is 6.20 Å². The van der Waals surface area contributed by atoms with Gasteiger partial charge in [0.15, 0.2) is 5.82 Å². The highest BCUT2D eigenvalue weighted by atomic mass is 16.5. The molecular weight excluding hydrogens is 226 g/mol. The van der Waals surface area contributed by atoms with Crippen molar-refractivity contribution < 1.29 is 4.74 Å². The van der Waals surface area contributed by atoms with Gasteiger partial charge in [0.25, 0.3) is 0 Å². The van der Waals surface area contributed by atoms with Crippen LogP contribution in [0.1, 0.15) is 57.1 Å². The summed E-state index contributed by atoms with van der Waals surface area (Å²) in [7, 11) is 3.65. The van der Waals surface area contributed by atoms with Crippen LogP contribution in [0.2, 0.25) is 0 Å². The van der Waals surface area contributed by atoms with Gasteiger partial charge in [0.2, 0.25) is 0 Å². The lowest BCUT2D eigenvalue weighted by atomic mass is 10.00. The summed E-state index contributed by atoms with van der Waals surface area (Å²) < 4.78 is 5.57. The number of methoxy groups -OCH3 is 1. The summed E-state index contributed by atoms with van der Waals surface area (Å²) in [6.07, 6.45) is 2.77. The number of hydrogen-bond donors (Lipinski definition) is 1. The largest absolute Gasteiger partial charge is 0.371 e. The summed E-state index contributed by atoms with van der Waals surface area (Å²) in [6, 6.07) is 0. The average molecular weight is 251 g/mol. The molecule has 1 aromatic rings. The van der Waals surface area contributed by atoms with Gasteiger partial charge in [-0.25, -0.2) is 9.97 Å². The van der Waals surface area contributed by atoms with Gasteiger partial charge in [0, 0.05) is 25.4 Å². The van der Waals surface area contributed by atoms with Gasteiger partial charge < -0.3 is 10.1 Å². The van der Waals surface area contributed by atoms with Crippen molar-refractivity contribution in [1.29, 1.82) is 0 Å². The quantitative estimate of drug-likeness (QED) is 0.844. The Balaban J connectivity index is 3.22. The molecule has 0 saturated heterocycles. The van der Waals surface area contributed by atoms with E-state index in [1.165, 1.54) is 0 Å². The molecule has 1 aromatic heterocycles. The minimum atomic E-state index is -0.401. The van der Waals surface area contributed by atoms with E-state index >= 15 is 0 Å². The Morgan fingerprint density at radius 1 is 1.44 bits per heavy atom. The summed E-state index contributed by atoms with van der Waals surface area (Å²) in [5.74, 6) is 1.16. The SMILES string of the molecule is CCC(C)(OC)c1ncc(CNC)c(C(C)C)n1. The van der Waals surface area contributed by atoms with Gasteiger partial charge in [-0.2, -0.15) is 0 Å². The van der Waals surface area contributed by atoms with Crippen molar-refractivity contribution >= 4 is 0 Å². The van der Waals surface area contributed by atoms with E-state index in [0.717, 1.165) is 30.0 Å². The molecule has 1 unspecified atom stereocenters. The highest BCUT2D eigenvalue weighted by molar-refractivity contribution is 5.22. The minimum Gasteiger partial charge on any atom is -0.371 e. The third-order valence-corrected chi connectivity index (χ3v) is 3.41. The Morgan fingerprint density at radius 3 is 2.56 bits per heavy atom. The molecule has 4 heteroatoms. The number of aromatic nitrogens is 2. The number of nitrogens with one attached hydrogen (secondary N) is 1. The second kappa shape index (κ2) is 6.25. The Labute approximate surface area is 110 Å². The summed E-state index contributed by atoms with van der Waals surface area (Å²) in [6.45, 7) is 9.22. The molecule has 0 bridgehead atoms. The monoisotopic (exact) mass is 251 g/mol. The predicted octanol–water partition coefficient (Wildman–Crippen LogP) is 2.59. The maximum atomic E-state index is 5.57. The van der Waals surface area contributed by atoms with E-state index in [1.54, 1.807) is 7.11 Å². The Hall–Kier alpha value is -1.00. The van der Waals surface area contributed by atoms with Crippen LogP contribution < -0.4 is 5.32 Å². The van der Waals surface area contributed by atoms with E-state index in [1.807, 2.05) is 20.2 Å². The van der Waals surface area contributed by atoms with Crippen LogP contribution in [0.25, 0.3) is 0 Å². The maximum absolute atomic E-state index is 5.57. The van der Waals surface area contributed by atoms with Gasteiger partial charge in [0.1, 0.15) is 5.60 Å². The van der Waals surface area contributed by atoms with Crippen LogP contribution in [0.5, 0.6) is 0 Å². The zero-order chi connectivity index (χ0) is 13.8. The van der Waals surface area contributed by atoms with Crippen molar-refractivity contribution in [2.45, 2.75) is 52.2 Å². The molecule has 0 radical (unpaired) electrons. The summed E-state index contributed by atoms with van der Waals surface area (Å²) in [5.41, 5.74) is 1.86. The maximum Gasteiger partial charge on any atom is 0.160 e. The average Bonchev–Trinajstić information content (AvgIpc) is 2.38. The molecule has 0 aliphatic carbocycles. The van der Waals surface area contributed by atoms with E-state index in [0.29, 0.717) is 5.92 Å². The molecule has 0 aliphatic rings. The molecule has 0 saturated carbocycles. The molecule has 4 nitrogen and oxygen atoms in total. The van der Waals surface area contributed by atoms with E-state index in [-0.39, 0.29) is 0 Å². The smallest absolute Gasteiger partial charge is 0.160 e. The highest BCUT2D eigenvalue weighted by Crippen LogP contribution is 2.27. The fourth-order valence-corrected chi connectivity index (χ4v) is 1.90. The van der Waals surface area contributed by atoms with Gasteiger partial charge in [-0.3, -0.25) is 0 Å². The van der Waals surface area contributed by atoms with Gasteiger partial charge >= 0.3 is 0 Å². The fourth-order valence-electron chi connectivity index (χ4n) is 1.90. The number of ether oxygens (including phenoxy) is 1. The van der Waals surface area contributed by atoms with Crippen LogP contribution in [0, 0.1) is 0 Å². The van der Waals surface area contributed by atoms with Gasteiger partial charge in [0.05, 0.1) is 5.69 Å². The molecule has 102 valence electrons. The molecular formula is C14H25N3O. The van der Waals surface area contributed by atoms with Crippen molar-refractivity contribution in [3.05, 3.63) is 23.3 Å². The van der Waals surface area contributed by atoms with Crippen molar-refractivity contribution in [2.75, 3.05) is 14.2 Å². The lowest BCUT2D eigenvalue weighted by molar-refractivity contribution is -0.00924. The van der Waals surface area contributed by atoms with Gasteiger partial charge in [-0.15, -0.1) is 0 Å². The molecule has 18 heavy (non-hydrogen) atoms. The van der Waals surface area contributed by atoms with E-state index in [9.17, 15) is 0 Å².